The topological polar surface area (TPSA) is 86.8 Å². The highest BCUT2D eigenvalue weighted by atomic mass is 35.5. The molecule has 1 atom stereocenters. The molecule has 0 aliphatic heterocycles. The monoisotopic (exact) mass is 557 g/mol. The van der Waals surface area contributed by atoms with Crippen LogP contribution in [0.3, 0.4) is 0 Å². The summed E-state index contributed by atoms with van der Waals surface area (Å²) < 4.78 is 39.7. The van der Waals surface area contributed by atoms with Crippen LogP contribution in [0.5, 0.6) is 0 Å². The SMILES string of the molecule is CCC(C(=O)NC1CCCC1)N(Cc1ccc(F)cc1)C(=O)CN(c1cc(Cl)ccc1Cl)S(C)(=O)=O. The molecule has 1 N–H and O–H groups in total. The Bertz CT molecular complexity index is 1190. The molecule has 1 aliphatic carbocycles. The van der Waals surface area contributed by atoms with E-state index in [1.165, 1.54) is 47.4 Å². The van der Waals surface area contributed by atoms with E-state index >= 15 is 0 Å². The van der Waals surface area contributed by atoms with E-state index in [1.54, 1.807) is 6.92 Å². The lowest BCUT2D eigenvalue weighted by Gasteiger charge is -2.33. The number of hydrogen-bond acceptors (Lipinski definition) is 4. The van der Waals surface area contributed by atoms with Crippen LogP contribution in [-0.4, -0.2) is 50.0 Å². The number of carbonyl (C=O) groups excluding carboxylic acids is 2. The largest absolute Gasteiger partial charge is 0.352 e. The maximum absolute atomic E-state index is 13.7. The van der Waals surface area contributed by atoms with Gasteiger partial charge in [0, 0.05) is 17.6 Å². The van der Waals surface area contributed by atoms with E-state index in [9.17, 15) is 22.4 Å². The predicted octanol–water partition coefficient (Wildman–Crippen LogP) is 4.76. The van der Waals surface area contributed by atoms with Crippen LogP contribution in [-0.2, 0) is 26.2 Å². The Hall–Kier alpha value is -2.36. The summed E-state index contributed by atoms with van der Waals surface area (Å²) in [6, 6.07) is 9.12. The maximum atomic E-state index is 13.7. The Morgan fingerprint density at radius 2 is 1.75 bits per heavy atom. The summed E-state index contributed by atoms with van der Waals surface area (Å²) in [5.41, 5.74) is 0.661. The van der Waals surface area contributed by atoms with Crippen molar-refractivity contribution in [2.45, 2.75) is 57.7 Å². The lowest BCUT2D eigenvalue weighted by molar-refractivity contribution is -0.140. The van der Waals surface area contributed by atoms with Gasteiger partial charge in [-0.2, -0.15) is 0 Å². The van der Waals surface area contributed by atoms with Crippen molar-refractivity contribution < 1.29 is 22.4 Å². The molecule has 0 radical (unpaired) electrons. The number of rotatable bonds is 10. The highest BCUT2D eigenvalue weighted by Gasteiger charge is 2.33. The molecule has 2 amide bonds. The van der Waals surface area contributed by atoms with E-state index in [-0.39, 0.29) is 34.2 Å². The van der Waals surface area contributed by atoms with Crippen LogP contribution in [0.1, 0.15) is 44.6 Å². The number of nitrogens with one attached hydrogen (secondary N) is 1. The van der Waals surface area contributed by atoms with Gasteiger partial charge in [-0.1, -0.05) is 55.1 Å². The van der Waals surface area contributed by atoms with Crippen LogP contribution in [0.2, 0.25) is 10.0 Å². The minimum atomic E-state index is -3.94. The molecule has 1 unspecified atom stereocenters. The molecule has 1 aliphatic rings. The summed E-state index contributed by atoms with van der Waals surface area (Å²) in [5, 5.41) is 3.38. The molecule has 7 nitrogen and oxygen atoms in total. The third kappa shape index (κ3) is 7.33. The summed E-state index contributed by atoms with van der Waals surface area (Å²) in [6.07, 6.45) is 5.09. The number of carbonyl (C=O) groups is 2. The van der Waals surface area contributed by atoms with Crippen molar-refractivity contribution >= 4 is 50.7 Å². The molecule has 0 heterocycles. The van der Waals surface area contributed by atoms with Gasteiger partial charge in [-0.25, -0.2) is 12.8 Å². The first-order valence-electron chi connectivity index (χ1n) is 11.8. The smallest absolute Gasteiger partial charge is 0.244 e. The number of halogens is 3. The summed E-state index contributed by atoms with van der Waals surface area (Å²) in [5.74, 6) is -1.33. The van der Waals surface area contributed by atoms with Crippen LogP contribution < -0.4 is 9.62 Å². The van der Waals surface area contributed by atoms with Crippen LogP contribution in [0.15, 0.2) is 42.5 Å². The fraction of sp³-hybridized carbons (Fsp3) is 0.440. The first kappa shape index (κ1) is 28.2. The van der Waals surface area contributed by atoms with E-state index in [0.29, 0.717) is 12.0 Å². The van der Waals surface area contributed by atoms with Gasteiger partial charge in [0.2, 0.25) is 21.8 Å². The highest BCUT2D eigenvalue weighted by Crippen LogP contribution is 2.31. The highest BCUT2D eigenvalue weighted by molar-refractivity contribution is 7.92. The zero-order chi connectivity index (χ0) is 26.5. The van der Waals surface area contributed by atoms with Crippen molar-refractivity contribution in [3.8, 4) is 0 Å². The minimum Gasteiger partial charge on any atom is -0.352 e. The third-order valence-corrected chi connectivity index (χ3v) is 7.89. The zero-order valence-corrected chi connectivity index (χ0v) is 22.5. The molecule has 1 fully saturated rings. The molecule has 3 rings (SSSR count). The van der Waals surface area contributed by atoms with Crippen LogP contribution in [0.25, 0.3) is 0 Å². The average molecular weight is 559 g/mol. The molecule has 0 bridgehead atoms. The quantitative estimate of drug-likeness (QED) is 0.456. The first-order valence-corrected chi connectivity index (χ1v) is 14.4. The lowest BCUT2D eigenvalue weighted by atomic mass is 10.1. The van der Waals surface area contributed by atoms with E-state index in [1.807, 2.05) is 0 Å². The second-order valence-electron chi connectivity index (χ2n) is 8.93. The van der Waals surface area contributed by atoms with Crippen LogP contribution >= 0.6 is 23.2 Å². The molecular weight excluding hydrogens is 528 g/mol. The van der Waals surface area contributed by atoms with Gasteiger partial charge in [0.1, 0.15) is 18.4 Å². The summed E-state index contributed by atoms with van der Waals surface area (Å²) in [6.45, 7) is 1.19. The number of amides is 2. The Kier molecular flexibility index (Phi) is 9.60. The summed E-state index contributed by atoms with van der Waals surface area (Å²) in [4.78, 5) is 28.3. The molecular formula is C25H30Cl2FN3O4S. The molecule has 0 spiro atoms. The zero-order valence-electron chi connectivity index (χ0n) is 20.2. The maximum Gasteiger partial charge on any atom is 0.244 e. The standard InChI is InChI=1S/C25H30Cl2FN3O4S/c1-3-22(25(33)29-20-6-4-5-7-20)30(15-17-8-11-19(28)12-9-17)24(32)16-31(36(2,34)35)23-14-18(26)10-13-21(23)27/h8-14,20,22H,3-7,15-16H2,1-2H3,(H,29,33). The van der Waals surface area contributed by atoms with Crippen LogP contribution in [0.4, 0.5) is 10.1 Å². The number of nitrogens with zero attached hydrogens (tertiary/aromatic N) is 2. The Morgan fingerprint density at radius 1 is 1.11 bits per heavy atom. The Labute approximate surface area is 221 Å². The molecule has 11 heteroatoms. The van der Waals surface area contributed by atoms with Gasteiger partial charge < -0.3 is 10.2 Å². The van der Waals surface area contributed by atoms with Gasteiger partial charge in [-0.15, -0.1) is 0 Å². The van der Waals surface area contributed by atoms with E-state index in [4.69, 9.17) is 23.2 Å². The van der Waals surface area contributed by atoms with Crippen molar-refractivity contribution in [2.24, 2.45) is 0 Å². The molecule has 36 heavy (non-hydrogen) atoms. The van der Waals surface area contributed by atoms with Crippen molar-refractivity contribution in [3.05, 3.63) is 63.9 Å². The van der Waals surface area contributed by atoms with E-state index < -0.39 is 34.3 Å². The van der Waals surface area contributed by atoms with Gasteiger partial charge >= 0.3 is 0 Å². The van der Waals surface area contributed by atoms with Gasteiger partial charge in [0.15, 0.2) is 0 Å². The number of anilines is 1. The lowest BCUT2D eigenvalue weighted by Crippen LogP contribution is -2.53. The molecule has 0 aromatic heterocycles. The number of hydrogen-bond donors (Lipinski definition) is 1. The van der Waals surface area contributed by atoms with Gasteiger partial charge in [-0.3, -0.25) is 13.9 Å². The molecule has 0 saturated heterocycles. The first-order chi connectivity index (χ1) is 17.0. The number of benzene rings is 2. The van der Waals surface area contributed by atoms with Gasteiger partial charge in [0.25, 0.3) is 0 Å². The van der Waals surface area contributed by atoms with Gasteiger partial charge in [-0.05, 0) is 55.2 Å². The van der Waals surface area contributed by atoms with Crippen molar-refractivity contribution in [1.29, 1.82) is 0 Å². The molecule has 2 aromatic carbocycles. The van der Waals surface area contributed by atoms with E-state index in [0.717, 1.165) is 36.2 Å². The summed E-state index contributed by atoms with van der Waals surface area (Å²) in [7, 11) is -3.94. The Morgan fingerprint density at radius 3 is 2.33 bits per heavy atom. The Balaban J connectivity index is 1.94. The van der Waals surface area contributed by atoms with Crippen molar-refractivity contribution in [1.82, 2.24) is 10.2 Å². The fourth-order valence-corrected chi connectivity index (χ4v) is 5.63. The number of sulfonamides is 1. The second-order valence-corrected chi connectivity index (χ2v) is 11.7. The fourth-order valence-electron chi connectivity index (χ4n) is 4.35. The molecule has 2 aromatic rings. The van der Waals surface area contributed by atoms with E-state index in [2.05, 4.69) is 5.32 Å². The minimum absolute atomic E-state index is 0.00339. The second kappa shape index (κ2) is 12.3. The molecule has 1 saturated carbocycles. The summed E-state index contributed by atoms with van der Waals surface area (Å²) >= 11 is 12.3. The normalized spacial score (nSPS) is 14.9. The van der Waals surface area contributed by atoms with Crippen molar-refractivity contribution in [3.63, 3.8) is 0 Å². The van der Waals surface area contributed by atoms with Crippen LogP contribution in [0, 0.1) is 5.82 Å². The average Bonchev–Trinajstić information content (AvgIpc) is 3.32. The van der Waals surface area contributed by atoms with Gasteiger partial charge in [0.05, 0.1) is 17.0 Å². The molecule has 196 valence electrons. The van der Waals surface area contributed by atoms with Crippen molar-refractivity contribution in [2.75, 3.05) is 17.1 Å². The predicted molar refractivity (Wildman–Crippen MR) is 140 cm³/mol. The third-order valence-electron chi connectivity index (χ3n) is 6.21.